The van der Waals surface area contributed by atoms with Crippen molar-refractivity contribution in [1.29, 1.82) is 0 Å². The highest BCUT2D eigenvalue weighted by molar-refractivity contribution is 6.15. The van der Waals surface area contributed by atoms with Crippen molar-refractivity contribution in [1.82, 2.24) is 4.57 Å². The van der Waals surface area contributed by atoms with Crippen LogP contribution in [0.1, 0.15) is 27.0 Å². The zero-order chi connectivity index (χ0) is 22.2. The first-order valence-corrected chi connectivity index (χ1v) is 10.4. The van der Waals surface area contributed by atoms with Gasteiger partial charge >= 0.3 is 0 Å². The summed E-state index contributed by atoms with van der Waals surface area (Å²) >= 11 is 0. The van der Waals surface area contributed by atoms with Crippen LogP contribution in [-0.4, -0.2) is 17.5 Å². The van der Waals surface area contributed by atoms with E-state index >= 15 is 0 Å². The topological polar surface area (TPSA) is 49.7 Å². The van der Waals surface area contributed by atoms with Crippen molar-refractivity contribution >= 4 is 22.8 Å². The van der Waals surface area contributed by atoms with E-state index in [0.717, 1.165) is 27.8 Å². The number of ketones is 1. The van der Waals surface area contributed by atoms with Crippen molar-refractivity contribution in [2.75, 3.05) is 7.11 Å². The lowest BCUT2D eigenvalue weighted by molar-refractivity contribution is 0.101. The molecule has 0 unspecified atom stereocenters. The molecule has 5 rings (SSSR count). The number of carbonyl (C=O) groups is 1. The van der Waals surface area contributed by atoms with Crippen LogP contribution in [0.25, 0.3) is 17.0 Å². The second-order valence-electron chi connectivity index (χ2n) is 7.89. The van der Waals surface area contributed by atoms with Crippen molar-refractivity contribution in [3.63, 3.8) is 0 Å². The fourth-order valence-electron chi connectivity index (χ4n) is 3.98. The molecule has 4 aromatic rings. The van der Waals surface area contributed by atoms with Gasteiger partial charge in [-0.2, -0.15) is 0 Å². The first-order chi connectivity index (χ1) is 15.5. The predicted octanol–water partition coefficient (Wildman–Crippen LogP) is 5.69. The predicted molar refractivity (Wildman–Crippen MR) is 124 cm³/mol. The zero-order valence-corrected chi connectivity index (χ0v) is 18.2. The number of hydrogen-bond donors (Lipinski definition) is 0. The zero-order valence-electron chi connectivity index (χ0n) is 18.2. The first kappa shape index (κ1) is 19.9. The van der Waals surface area contributed by atoms with Gasteiger partial charge in [0.15, 0.2) is 5.76 Å². The van der Waals surface area contributed by atoms with Crippen molar-refractivity contribution < 1.29 is 19.0 Å². The van der Waals surface area contributed by atoms with Gasteiger partial charge in [0.05, 0.1) is 12.7 Å². The summed E-state index contributed by atoms with van der Waals surface area (Å²) in [6.45, 7) is 2.52. The molecule has 0 bridgehead atoms. The monoisotopic (exact) mass is 425 g/mol. The molecule has 0 saturated heterocycles. The van der Waals surface area contributed by atoms with E-state index in [1.807, 2.05) is 60.3 Å². The average Bonchev–Trinajstić information content (AvgIpc) is 3.28. The van der Waals surface area contributed by atoms with Crippen molar-refractivity contribution in [2.45, 2.75) is 13.5 Å². The van der Waals surface area contributed by atoms with E-state index in [1.165, 1.54) is 5.56 Å². The number of aryl methyl sites for hydroxylation is 2. The van der Waals surface area contributed by atoms with Gasteiger partial charge in [0.1, 0.15) is 23.9 Å². The minimum absolute atomic E-state index is 0.134. The van der Waals surface area contributed by atoms with Crippen molar-refractivity contribution in [3.8, 4) is 17.2 Å². The van der Waals surface area contributed by atoms with Crippen LogP contribution in [0.2, 0.25) is 0 Å². The van der Waals surface area contributed by atoms with E-state index in [0.29, 0.717) is 29.4 Å². The van der Waals surface area contributed by atoms with Crippen LogP contribution in [0.4, 0.5) is 0 Å². The number of ether oxygens (including phenoxy) is 3. The lowest BCUT2D eigenvalue weighted by Gasteiger charge is -2.09. The highest BCUT2D eigenvalue weighted by Gasteiger charge is 2.28. The SMILES string of the molecule is COc1ccc2c(c1)c(/C=C1/Oc3cc(OCc4ccccc4C)ccc3C1=O)cn2C. The molecule has 1 aromatic heterocycles. The number of methoxy groups -OCH3 is 1. The highest BCUT2D eigenvalue weighted by Crippen LogP contribution is 2.36. The van der Waals surface area contributed by atoms with Gasteiger partial charge in [-0.3, -0.25) is 4.79 Å². The van der Waals surface area contributed by atoms with Crippen molar-refractivity contribution in [2.24, 2.45) is 7.05 Å². The van der Waals surface area contributed by atoms with Gasteiger partial charge in [0.2, 0.25) is 5.78 Å². The summed E-state index contributed by atoms with van der Waals surface area (Å²) in [5.74, 6) is 2.11. The molecule has 0 fully saturated rings. The number of hydrogen-bond acceptors (Lipinski definition) is 4. The standard InChI is InChI=1S/C27H23NO4/c1-17-6-4-5-7-18(17)16-31-21-8-10-22-25(14-21)32-26(27(22)29)12-19-15-28(2)24-11-9-20(30-3)13-23(19)24/h4-15H,16H2,1-3H3/b26-12+. The first-order valence-electron chi connectivity index (χ1n) is 10.4. The van der Waals surface area contributed by atoms with Gasteiger partial charge in [-0.25, -0.2) is 0 Å². The van der Waals surface area contributed by atoms with Crippen LogP contribution in [0.15, 0.2) is 72.6 Å². The van der Waals surface area contributed by atoms with E-state index in [1.54, 1.807) is 25.3 Å². The Balaban J connectivity index is 1.41. The molecule has 1 aliphatic rings. The number of carbonyl (C=O) groups excluding carboxylic acids is 1. The molecule has 5 nitrogen and oxygen atoms in total. The maximum Gasteiger partial charge on any atom is 0.231 e. The molecule has 0 spiro atoms. The Bertz CT molecular complexity index is 1380. The van der Waals surface area contributed by atoms with Gasteiger partial charge < -0.3 is 18.8 Å². The molecule has 0 atom stereocenters. The number of allylic oxidation sites excluding steroid dienone is 1. The molecule has 0 radical (unpaired) electrons. The van der Waals surface area contributed by atoms with E-state index in [2.05, 4.69) is 13.0 Å². The van der Waals surface area contributed by atoms with E-state index in [-0.39, 0.29) is 5.78 Å². The fourth-order valence-corrected chi connectivity index (χ4v) is 3.98. The van der Waals surface area contributed by atoms with E-state index < -0.39 is 0 Å². The third-order valence-corrected chi connectivity index (χ3v) is 5.81. The number of benzene rings is 3. The van der Waals surface area contributed by atoms with Gasteiger partial charge in [-0.05, 0) is 54.5 Å². The number of rotatable bonds is 5. The molecular formula is C27H23NO4. The number of aromatic nitrogens is 1. The van der Waals surface area contributed by atoms with Gasteiger partial charge in [0, 0.05) is 35.8 Å². The average molecular weight is 425 g/mol. The van der Waals surface area contributed by atoms with Crippen LogP contribution in [0, 0.1) is 6.92 Å². The lowest BCUT2D eigenvalue weighted by atomic mass is 10.1. The summed E-state index contributed by atoms with van der Waals surface area (Å²) in [4.78, 5) is 12.9. The van der Waals surface area contributed by atoms with Gasteiger partial charge in [-0.15, -0.1) is 0 Å². The Morgan fingerprint density at radius 1 is 1.03 bits per heavy atom. The minimum atomic E-state index is -0.134. The molecule has 32 heavy (non-hydrogen) atoms. The summed E-state index contributed by atoms with van der Waals surface area (Å²) in [6.07, 6.45) is 3.77. The Morgan fingerprint density at radius 2 is 1.84 bits per heavy atom. The number of fused-ring (bicyclic) bond motifs is 2. The van der Waals surface area contributed by atoms with Crippen LogP contribution < -0.4 is 14.2 Å². The van der Waals surface area contributed by atoms with Crippen LogP contribution in [-0.2, 0) is 13.7 Å². The smallest absolute Gasteiger partial charge is 0.231 e. The fraction of sp³-hybridized carbons (Fsp3) is 0.148. The number of Topliss-reactive ketones (excluding diaryl/α,β-unsaturated/α-hetero) is 1. The molecule has 5 heteroatoms. The number of nitrogens with zero attached hydrogens (tertiary/aromatic N) is 1. The Labute approximate surface area is 186 Å². The largest absolute Gasteiger partial charge is 0.497 e. The molecule has 1 aliphatic heterocycles. The molecule has 0 amide bonds. The molecule has 160 valence electrons. The van der Waals surface area contributed by atoms with Gasteiger partial charge in [0.25, 0.3) is 0 Å². The third-order valence-electron chi connectivity index (χ3n) is 5.81. The Kier molecular flexibility index (Phi) is 4.94. The molecule has 0 N–H and O–H groups in total. The lowest BCUT2D eigenvalue weighted by Crippen LogP contribution is -1.98. The normalized spacial score (nSPS) is 14.0. The highest BCUT2D eigenvalue weighted by atomic mass is 16.5. The second-order valence-corrected chi connectivity index (χ2v) is 7.89. The van der Waals surface area contributed by atoms with Crippen molar-refractivity contribution in [3.05, 3.63) is 94.9 Å². The quantitative estimate of drug-likeness (QED) is 0.386. The third kappa shape index (κ3) is 3.52. The molecule has 0 saturated carbocycles. The summed E-state index contributed by atoms with van der Waals surface area (Å²) < 4.78 is 19.3. The second kappa shape index (κ2) is 7.93. The summed E-state index contributed by atoms with van der Waals surface area (Å²) in [7, 11) is 3.61. The van der Waals surface area contributed by atoms with E-state index in [4.69, 9.17) is 14.2 Å². The molecule has 2 heterocycles. The Hall–Kier alpha value is -3.99. The molecule has 3 aromatic carbocycles. The van der Waals surface area contributed by atoms with Crippen LogP contribution >= 0.6 is 0 Å². The van der Waals surface area contributed by atoms with Gasteiger partial charge in [-0.1, -0.05) is 24.3 Å². The summed E-state index contributed by atoms with van der Waals surface area (Å²) in [5.41, 5.74) is 4.78. The Morgan fingerprint density at radius 3 is 2.66 bits per heavy atom. The maximum atomic E-state index is 12.9. The summed E-state index contributed by atoms with van der Waals surface area (Å²) in [6, 6.07) is 19.3. The molecule has 0 aliphatic carbocycles. The maximum absolute atomic E-state index is 12.9. The summed E-state index contributed by atoms with van der Waals surface area (Å²) in [5, 5.41) is 0.994. The molecular weight excluding hydrogens is 402 g/mol. The minimum Gasteiger partial charge on any atom is -0.497 e. The van der Waals surface area contributed by atoms with E-state index in [9.17, 15) is 4.79 Å². The van der Waals surface area contributed by atoms with Crippen LogP contribution in [0.5, 0.6) is 17.2 Å². The van der Waals surface area contributed by atoms with Crippen LogP contribution in [0.3, 0.4) is 0 Å².